The van der Waals surface area contributed by atoms with Crippen LogP contribution in [0.4, 0.5) is 14.6 Å². The predicted octanol–water partition coefficient (Wildman–Crippen LogP) is 3.71. The summed E-state index contributed by atoms with van der Waals surface area (Å²) in [5.41, 5.74) is 2.19. The molecule has 3 fully saturated rings. The van der Waals surface area contributed by atoms with Crippen LogP contribution in [0.2, 0.25) is 0 Å². The van der Waals surface area contributed by atoms with Crippen molar-refractivity contribution >= 4 is 22.5 Å². The Kier molecular flexibility index (Phi) is 5.87. The molecule has 0 spiro atoms. The monoisotopic (exact) mass is 459 g/mol. The molecule has 1 aromatic heterocycles. The maximum atomic E-state index is 12.8. The fraction of sp³-hybridized carbons (Fsp3) is 0.600. The molecule has 3 aliphatic rings. The van der Waals surface area contributed by atoms with Crippen LogP contribution in [0.3, 0.4) is 0 Å². The molecule has 2 aliphatic heterocycles. The predicted molar refractivity (Wildman–Crippen MR) is 121 cm³/mol. The van der Waals surface area contributed by atoms with Gasteiger partial charge < -0.3 is 15.2 Å². The van der Waals surface area contributed by atoms with Crippen LogP contribution in [0.25, 0.3) is 10.8 Å². The van der Waals surface area contributed by atoms with E-state index >= 15 is 0 Å². The van der Waals surface area contributed by atoms with Gasteiger partial charge in [-0.3, -0.25) is 9.69 Å². The summed E-state index contributed by atoms with van der Waals surface area (Å²) in [7, 11) is 0. The maximum Gasteiger partial charge on any atom is 0.242 e. The van der Waals surface area contributed by atoms with Gasteiger partial charge in [-0.2, -0.15) is 0 Å². The molecule has 8 heteroatoms. The van der Waals surface area contributed by atoms with E-state index in [9.17, 15) is 18.7 Å². The van der Waals surface area contributed by atoms with Crippen molar-refractivity contribution in [3.63, 3.8) is 0 Å². The molecule has 1 aliphatic carbocycles. The highest BCUT2D eigenvalue weighted by atomic mass is 19.3. The Labute approximate surface area is 192 Å². The number of ether oxygens (including phenoxy) is 1. The fourth-order valence-corrected chi connectivity index (χ4v) is 5.50. The Morgan fingerprint density at radius 1 is 1.27 bits per heavy atom. The normalized spacial score (nSPS) is 30.8. The summed E-state index contributed by atoms with van der Waals surface area (Å²) in [6.45, 7) is 6.97. The third-order valence-electron chi connectivity index (χ3n) is 7.90. The molecule has 0 bridgehead atoms. The van der Waals surface area contributed by atoms with E-state index in [1.165, 1.54) is 11.1 Å². The molecular formula is C25H31F2N3O3. The molecule has 178 valence electrons. The van der Waals surface area contributed by atoms with Crippen molar-refractivity contribution in [2.75, 3.05) is 31.6 Å². The minimum Gasteiger partial charge on any atom is -0.389 e. The number of fused-ring (bicyclic) bond motifs is 1. The lowest BCUT2D eigenvalue weighted by molar-refractivity contribution is -0.118. The summed E-state index contributed by atoms with van der Waals surface area (Å²) in [6, 6.07) is 6.13. The van der Waals surface area contributed by atoms with Gasteiger partial charge in [-0.1, -0.05) is 6.07 Å². The minimum absolute atomic E-state index is 0.237. The minimum atomic E-state index is -2.45. The number of hydrogen-bond donors (Lipinski definition) is 2. The van der Waals surface area contributed by atoms with Crippen LogP contribution in [0.15, 0.2) is 24.4 Å². The highest BCUT2D eigenvalue weighted by Gasteiger charge is 2.49. The molecule has 0 unspecified atom stereocenters. The highest BCUT2D eigenvalue weighted by Crippen LogP contribution is 2.44. The Bertz CT molecular complexity index is 1060. The van der Waals surface area contributed by atoms with Crippen molar-refractivity contribution in [3.05, 3.63) is 35.5 Å². The van der Waals surface area contributed by atoms with Crippen LogP contribution in [0, 0.1) is 18.8 Å². The zero-order chi connectivity index (χ0) is 23.3. The molecule has 0 radical (unpaired) electrons. The van der Waals surface area contributed by atoms with E-state index in [4.69, 9.17) is 4.74 Å². The van der Waals surface area contributed by atoms with Crippen molar-refractivity contribution in [2.24, 2.45) is 11.8 Å². The second kappa shape index (κ2) is 8.56. The van der Waals surface area contributed by atoms with E-state index in [0.717, 1.165) is 36.7 Å². The van der Waals surface area contributed by atoms with Crippen molar-refractivity contribution in [2.45, 2.75) is 57.1 Å². The lowest BCUT2D eigenvalue weighted by atomic mass is 9.83. The number of benzene rings is 1. The Morgan fingerprint density at radius 3 is 2.67 bits per heavy atom. The quantitative estimate of drug-likeness (QED) is 0.713. The topological polar surface area (TPSA) is 74.7 Å². The van der Waals surface area contributed by atoms with Crippen molar-refractivity contribution in [1.29, 1.82) is 0 Å². The number of carbonyl (C=O) groups is 1. The van der Waals surface area contributed by atoms with Crippen LogP contribution in [0.1, 0.15) is 43.2 Å². The Morgan fingerprint density at radius 2 is 2.03 bits per heavy atom. The van der Waals surface area contributed by atoms with E-state index in [1.807, 2.05) is 6.07 Å². The summed E-state index contributed by atoms with van der Waals surface area (Å²) in [6.07, 6.45) is 1.06. The lowest BCUT2D eigenvalue weighted by Crippen LogP contribution is -2.56. The van der Waals surface area contributed by atoms with E-state index in [0.29, 0.717) is 24.9 Å². The number of nitrogens with zero attached hydrogens (tertiary/aromatic N) is 2. The lowest BCUT2D eigenvalue weighted by Gasteiger charge is -2.44. The molecule has 4 atom stereocenters. The van der Waals surface area contributed by atoms with Gasteiger partial charge in [0.2, 0.25) is 12.3 Å². The van der Waals surface area contributed by atoms with Crippen LogP contribution in [-0.2, 0) is 9.53 Å². The first kappa shape index (κ1) is 22.6. The van der Waals surface area contributed by atoms with Gasteiger partial charge in [-0.15, -0.1) is 0 Å². The van der Waals surface area contributed by atoms with E-state index in [2.05, 4.69) is 41.2 Å². The SMILES string of the molecule is Cc1cc2cnc(NC(=O)[C@@H]3C[C@H]3C(F)F)cc2cc1C1CCN([C@]2(C)COC[C@@H]2O)CC1. The number of aliphatic hydroxyl groups is 1. The number of halogens is 2. The maximum absolute atomic E-state index is 12.8. The number of pyridine rings is 1. The van der Waals surface area contributed by atoms with Crippen molar-refractivity contribution in [1.82, 2.24) is 9.88 Å². The number of hydrogen-bond acceptors (Lipinski definition) is 5. The number of aliphatic hydroxyl groups excluding tert-OH is 1. The number of aryl methyl sites for hydroxylation is 1. The molecule has 2 saturated heterocycles. The number of anilines is 1. The van der Waals surface area contributed by atoms with Gasteiger partial charge in [0.05, 0.1) is 24.9 Å². The summed E-state index contributed by atoms with van der Waals surface area (Å²) in [5, 5.41) is 15.1. The Balaban J connectivity index is 1.30. The average Bonchev–Trinajstić information content (AvgIpc) is 3.54. The number of rotatable bonds is 5. The zero-order valence-electron chi connectivity index (χ0n) is 19.1. The third kappa shape index (κ3) is 4.24. The number of likely N-dealkylation sites (tertiary alicyclic amines) is 1. The summed E-state index contributed by atoms with van der Waals surface area (Å²) < 4.78 is 31.1. The molecular weight excluding hydrogens is 428 g/mol. The molecule has 1 amide bonds. The van der Waals surface area contributed by atoms with Gasteiger partial charge in [-0.05, 0) is 80.8 Å². The smallest absolute Gasteiger partial charge is 0.242 e. The van der Waals surface area contributed by atoms with Gasteiger partial charge in [0.15, 0.2) is 0 Å². The van der Waals surface area contributed by atoms with Crippen LogP contribution < -0.4 is 5.32 Å². The molecule has 6 nitrogen and oxygen atoms in total. The van der Waals surface area contributed by atoms with Crippen molar-refractivity contribution in [3.8, 4) is 0 Å². The van der Waals surface area contributed by atoms with Crippen LogP contribution in [0.5, 0.6) is 0 Å². The van der Waals surface area contributed by atoms with Crippen molar-refractivity contribution < 1.29 is 23.4 Å². The number of nitrogens with one attached hydrogen (secondary N) is 1. The van der Waals surface area contributed by atoms with E-state index in [1.54, 1.807) is 6.20 Å². The Hall–Kier alpha value is -2.16. The fourth-order valence-electron chi connectivity index (χ4n) is 5.50. The second-order valence-corrected chi connectivity index (χ2v) is 10.1. The average molecular weight is 460 g/mol. The first-order chi connectivity index (χ1) is 15.8. The largest absolute Gasteiger partial charge is 0.389 e. The number of carbonyl (C=O) groups excluding carboxylic acids is 1. The summed E-state index contributed by atoms with van der Waals surface area (Å²) in [4.78, 5) is 18.9. The molecule has 33 heavy (non-hydrogen) atoms. The van der Waals surface area contributed by atoms with Gasteiger partial charge >= 0.3 is 0 Å². The van der Waals surface area contributed by atoms with Gasteiger partial charge in [-0.25, -0.2) is 13.8 Å². The number of aromatic nitrogens is 1. The standard InChI is InChI=1S/C25H31F2N3O3/c1-14-7-17-11-28-22(29-24(32)20-10-19(20)23(26)27)9-16(17)8-18(14)15-3-5-30(6-4-15)25(2)13-33-12-21(25)31/h7-9,11,15,19-21,23,31H,3-6,10,12-13H2,1-2H3,(H,28,29,32)/t19-,20-,21+,25-/m1/s1. The van der Waals surface area contributed by atoms with E-state index < -0.39 is 24.4 Å². The zero-order valence-corrected chi connectivity index (χ0v) is 19.1. The molecule has 2 aromatic rings. The first-order valence-electron chi connectivity index (χ1n) is 11.8. The molecule has 1 aromatic carbocycles. The number of amides is 1. The number of piperidine rings is 1. The van der Waals surface area contributed by atoms with Gasteiger partial charge in [0.1, 0.15) is 5.82 Å². The first-order valence-corrected chi connectivity index (χ1v) is 11.8. The molecule has 2 N–H and O–H groups in total. The van der Waals surface area contributed by atoms with E-state index in [-0.39, 0.29) is 17.9 Å². The van der Waals surface area contributed by atoms with Crippen LogP contribution >= 0.6 is 0 Å². The van der Waals surface area contributed by atoms with Gasteiger partial charge in [0.25, 0.3) is 0 Å². The molecule has 1 saturated carbocycles. The summed E-state index contributed by atoms with van der Waals surface area (Å²) >= 11 is 0. The molecule has 5 rings (SSSR count). The highest BCUT2D eigenvalue weighted by molar-refractivity contribution is 5.95. The van der Waals surface area contributed by atoms with Crippen LogP contribution in [-0.4, -0.2) is 65.3 Å². The molecule has 3 heterocycles. The summed E-state index contributed by atoms with van der Waals surface area (Å²) in [5.74, 6) is -1.01. The third-order valence-corrected chi connectivity index (χ3v) is 7.90. The number of alkyl halides is 2. The second-order valence-electron chi connectivity index (χ2n) is 10.1. The van der Waals surface area contributed by atoms with Gasteiger partial charge in [0, 0.05) is 23.4 Å².